The maximum absolute atomic E-state index is 5.42. The third-order valence-electron chi connectivity index (χ3n) is 5.20. The van der Waals surface area contributed by atoms with Crippen LogP contribution in [0.4, 0.5) is 0 Å². The molecule has 0 atom stereocenters. The van der Waals surface area contributed by atoms with Crippen LogP contribution in [0.25, 0.3) is 0 Å². The molecule has 0 saturated carbocycles. The van der Waals surface area contributed by atoms with Crippen molar-refractivity contribution in [2.75, 3.05) is 39.9 Å². The average molecular weight is 522 g/mol. The molecule has 0 spiro atoms. The Kier molecular flexibility index (Phi) is 10.6. The van der Waals surface area contributed by atoms with Gasteiger partial charge in [0.1, 0.15) is 0 Å². The highest BCUT2D eigenvalue weighted by atomic mass is 127. The van der Waals surface area contributed by atoms with Crippen LogP contribution in [0, 0.1) is 13.8 Å². The second kappa shape index (κ2) is 12.9. The molecule has 1 aliphatic rings. The lowest BCUT2D eigenvalue weighted by molar-refractivity contribution is 0.0342. The second-order valence-electron chi connectivity index (χ2n) is 7.80. The molecule has 0 unspecified atom stereocenters. The Balaban J connectivity index is 0.00000320. The van der Waals surface area contributed by atoms with Gasteiger partial charge in [0.2, 0.25) is 0 Å². The summed E-state index contributed by atoms with van der Waals surface area (Å²) in [5.41, 5.74) is 6.61. The number of morpholine rings is 1. The first-order valence-corrected chi connectivity index (χ1v) is 10.5. The summed E-state index contributed by atoms with van der Waals surface area (Å²) < 4.78 is 5.42. The summed E-state index contributed by atoms with van der Waals surface area (Å²) in [6, 6.07) is 15.6. The van der Waals surface area contributed by atoms with E-state index in [1.165, 1.54) is 27.8 Å². The van der Waals surface area contributed by atoms with Crippen LogP contribution in [-0.2, 0) is 24.2 Å². The van der Waals surface area contributed by atoms with E-state index >= 15 is 0 Å². The number of halogens is 1. The van der Waals surface area contributed by atoms with Gasteiger partial charge < -0.3 is 15.4 Å². The number of rotatable bonds is 7. The number of nitrogens with zero attached hydrogens (tertiary/aromatic N) is 2. The fourth-order valence-electron chi connectivity index (χ4n) is 3.72. The maximum Gasteiger partial charge on any atom is 0.191 e. The molecule has 2 N–H and O–H groups in total. The fraction of sp³-hybridized carbons (Fsp3) is 0.458. The molecule has 0 bridgehead atoms. The number of aryl methyl sites for hydroxylation is 2. The van der Waals surface area contributed by atoms with E-state index in [2.05, 4.69) is 76.8 Å². The molecule has 3 rings (SSSR count). The van der Waals surface area contributed by atoms with Gasteiger partial charge in [-0.15, -0.1) is 24.0 Å². The van der Waals surface area contributed by atoms with E-state index in [1.807, 2.05) is 7.05 Å². The van der Waals surface area contributed by atoms with Crippen LogP contribution in [0.5, 0.6) is 0 Å². The molecule has 6 heteroatoms. The number of nitrogens with one attached hydrogen (secondary N) is 2. The zero-order valence-corrected chi connectivity index (χ0v) is 20.7. The van der Waals surface area contributed by atoms with Crippen LogP contribution >= 0.6 is 24.0 Å². The lowest BCUT2D eigenvalue weighted by atomic mass is 10.1. The number of ether oxygens (including phenoxy) is 1. The molecule has 30 heavy (non-hydrogen) atoms. The first kappa shape index (κ1) is 24.6. The standard InChI is InChI=1S/C24H34N4O.HI/c1-19-14-20(2)16-23(15-19)8-9-26-24(25-3)27-17-21-4-6-22(7-5-21)18-28-10-12-29-13-11-28;/h4-7,14-16H,8-13,17-18H2,1-3H3,(H2,25,26,27);1H. The van der Waals surface area contributed by atoms with E-state index in [1.54, 1.807) is 0 Å². The van der Waals surface area contributed by atoms with Crippen molar-refractivity contribution in [3.05, 3.63) is 70.3 Å². The molecule has 1 aliphatic heterocycles. The van der Waals surface area contributed by atoms with E-state index in [0.717, 1.165) is 58.3 Å². The fourth-order valence-corrected chi connectivity index (χ4v) is 3.72. The van der Waals surface area contributed by atoms with Crippen LogP contribution in [-0.4, -0.2) is 50.8 Å². The summed E-state index contributed by atoms with van der Waals surface area (Å²) in [6.45, 7) is 10.7. The van der Waals surface area contributed by atoms with Crippen molar-refractivity contribution in [3.63, 3.8) is 0 Å². The molecule has 5 nitrogen and oxygen atoms in total. The highest BCUT2D eigenvalue weighted by Gasteiger charge is 2.10. The minimum atomic E-state index is 0. The molecule has 164 valence electrons. The number of benzene rings is 2. The molecule has 0 aliphatic carbocycles. The SMILES string of the molecule is CN=C(NCCc1cc(C)cc(C)c1)NCc1ccc(CN2CCOCC2)cc1.I. The average Bonchev–Trinajstić information content (AvgIpc) is 2.72. The first-order valence-electron chi connectivity index (χ1n) is 10.5. The number of guanidine groups is 1. The molecular formula is C24H35IN4O. The quantitative estimate of drug-likeness (QED) is 0.331. The minimum Gasteiger partial charge on any atom is -0.379 e. The predicted molar refractivity (Wildman–Crippen MR) is 136 cm³/mol. The van der Waals surface area contributed by atoms with Crippen molar-refractivity contribution in [2.45, 2.75) is 33.4 Å². The van der Waals surface area contributed by atoms with Crippen LogP contribution < -0.4 is 10.6 Å². The summed E-state index contributed by atoms with van der Waals surface area (Å²) in [5, 5.41) is 6.82. The van der Waals surface area contributed by atoms with Gasteiger partial charge in [-0.05, 0) is 37.0 Å². The van der Waals surface area contributed by atoms with E-state index in [4.69, 9.17) is 4.74 Å². The predicted octanol–water partition coefficient (Wildman–Crippen LogP) is 3.66. The number of hydrogen-bond acceptors (Lipinski definition) is 3. The smallest absolute Gasteiger partial charge is 0.191 e. The van der Waals surface area contributed by atoms with Crippen LogP contribution in [0.3, 0.4) is 0 Å². The molecule has 1 heterocycles. The van der Waals surface area contributed by atoms with Crippen molar-refractivity contribution >= 4 is 29.9 Å². The van der Waals surface area contributed by atoms with Crippen molar-refractivity contribution in [2.24, 2.45) is 4.99 Å². The molecule has 2 aromatic rings. The van der Waals surface area contributed by atoms with Gasteiger partial charge in [0.15, 0.2) is 5.96 Å². The zero-order valence-electron chi connectivity index (χ0n) is 18.4. The van der Waals surface area contributed by atoms with Gasteiger partial charge in [-0.1, -0.05) is 53.6 Å². The zero-order chi connectivity index (χ0) is 20.5. The number of aliphatic imine (C=N–C) groups is 1. The minimum absolute atomic E-state index is 0. The monoisotopic (exact) mass is 522 g/mol. The summed E-state index contributed by atoms with van der Waals surface area (Å²) in [7, 11) is 1.82. The summed E-state index contributed by atoms with van der Waals surface area (Å²) in [4.78, 5) is 6.78. The largest absolute Gasteiger partial charge is 0.379 e. The van der Waals surface area contributed by atoms with Gasteiger partial charge in [0.25, 0.3) is 0 Å². The molecule has 1 fully saturated rings. The van der Waals surface area contributed by atoms with Crippen molar-refractivity contribution in [1.29, 1.82) is 0 Å². The van der Waals surface area contributed by atoms with Crippen molar-refractivity contribution in [1.82, 2.24) is 15.5 Å². The Labute approximate surface area is 198 Å². The Morgan fingerprint density at radius 2 is 1.57 bits per heavy atom. The van der Waals surface area contributed by atoms with Crippen LogP contribution in [0.1, 0.15) is 27.8 Å². The van der Waals surface area contributed by atoms with Crippen LogP contribution in [0.15, 0.2) is 47.5 Å². The van der Waals surface area contributed by atoms with E-state index in [-0.39, 0.29) is 24.0 Å². The number of hydrogen-bond donors (Lipinski definition) is 2. The first-order chi connectivity index (χ1) is 14.1. The highest BCUT2D eigenvalue weighted by molar-refractivity contribution is 14.0. The van der Waals surface area contributed by atoms with Gasteiger partial charge in [0.05, 0.1) is 13.2 Å². The Bertz CT molecular complexity index is 781. The van der Waals surface area contributed by atoms with Gasteiger partial charge in [-0.2, -0.15) is 0 Å². The third kappa shape index (κ3) is 8.24. The summed E-state index contributed by atoms with van der Waals surface area (Å²) in [6.07, 6.45) is 0.986. The topological polar surface area (TPSA) is 48.9 Å². The normalized spacial score (nSPS) is 14.8. The lowest BCUT2D eigenvalue weighted by Gasteiger charge is -2.26. The second-order valence-corrected chi connectivity index (χ2v) is 7.80. The highest BCUT2D eigenvalue weighted by Crippen LogP contribution is 2.10. The van der Waals surface area contributed by atoms with Gasteiger partial charge in [0, 0.05) is 39.8 Å². The lowest BCUT2D eigenvalue weighted by Crippen LogP contribution is -2.37. The van der Waals surface area contributed by atoms with Crippen molar-refractivity contribution in [3.8, 4) is 0 Å². The molecular weight excluding hydrogens is 487 g/mol. The third-order valence-corrected chi connectivity index (χ3v) is 5.20. The summed E-state index contributed by atoms with van der Waals surface area (Å²) in [5.74, 6) is 0.840. The molecule has 2 aromatic carbocycles. The molecule has 0 aromatic heterocycles. The van der Waals surface area contributed by atoms with E-state index < -0.39 is 0 Å². The Hall–Kier alpha value is -1.64. The Morgan fingerprint density at radius 3 is 2.20 bits per heavy atom. The van der Waals surface area contributed by atoms with Crippen LogP contribution in [0.2, 0.25) is 0 Å². The van der Waals surface area contributed by atoms with Gasteiger partial charge in [-0.3, -0.25) is 9.89 Å². The molecule has 0 radical (unpaired) electrons. The molecule has 1 saturated heterocycles. The maximum atomic E-state index is 5.42. The van der Waals surface area contributed by atoms with E-state index in [0.29, 0.717) is 0 Å². The van der Waals surface area contributed by atoms with Gasteiger partial charge in [-0.25, -0.2) is 0 Å². The van der Waals surface area contributed by atoms with E-state index in [9.17, 15) is 0 Å². The van der Waals surface area contributed by atoms with Gasteiger partial charge >= 0.3 is 0 Å². The summed E-state index contributed by atoms with van der Waals surface area (Å²) >= 11 is 0. The van der Waals surface area contributed by atoms with Crippen molar-refractivity contribution < 1.29 is 4.74 Å². The molecule has 0 amide bonds. The Morgan fingerprint density at radius 1 is 0.933 bits per heavy atom.